The van der Waals surface area contributed by atoms with E-state index >= 15 is 0 Å². The molecule has 2 aromatic heterocycles. The standard InChI is InChI=1S/C23H24N4O4S2/c1-14-5-7-16-11-17(23(28)24-20(16)10-14)12-27(13-18-4-3-9-31-18)33(29,30)22-15(2)6-8-19-21(22)26-32-25-19/h5-8,10-11,18H,3-4,9,12-13H2,1-2H3,(H,24,28)/t18-/m1/s1. The lowest BCUT2D eigenvalue weighted by molar-refractivity contribution is 0.0925. The molecule has 3 heterocycles. The van der Waals surface area contributed by atoms with E-state index in [0.717, 1.165) is 41.0 Å². The lowest BCUT2D eigenvalue weighted by Crippen LogP contribution is -2.38. The Morgan fingerprint density at radius 1 is 1.18 bits per heavy atom. The monoisotopic (exact) mass is 484 g/mol. The van der Waals surface area contributed by atoms with Gasteiger partial charge < -0.3 is 9.72 Å². The summed E-state index contributed by atoms with van der Waals surface area (Å²) in [6.07, 6.45) is 1.45. The molecule has 1 fully saturated rings. The third-order valence-corrected chi connectivity index (χ3v) is 8.56. The van der Waals surface area contributed by atoms with E-state index < -0.39 is 10.0 Å². The zero-order chi connectivity index (χ0) is 23.2. The van der Waals surface area contributed by atoms with Crippen LogP contribution in [0.1, 0.15) is 29.5 Å². The number of hydrogen-bond donors (Lipinski definition) is 1. The number of aromatic nitrogens is 3. The van der Waals surface area contributed by atoms with Crippen molar-refractivity contribution in [2.24, 2.45) is 0 Å². The van der Waals surface area contributed by atoms with Crippen molar-refractivity contribution in [2.45, 2.75) is 44.2 Å². The lowest BCUT2D eigenvalue weighted by atomic mass is 10.1. The maximum absolute atomic E-state index is 14.0. The molecule has 0 amide bonds. The molecule has 0 aliphatic carbocycles. The molecule has 1 atom stereocenters. The highest BCUT2D eigenvalue weighted by molar-refractivity contribution is 7.89. The Hall–Kier alpha value is -2.66. The van der Waals surface area contributed by atoms with Gasteiger partial charge in [0, 0.05) is 30.8 Å². The molecular weight excluding hydrogens is 460 g/mol. The van der Waals surface area contributed by atoms with E-state index in [1.54, 1.807) is 25.1 Å². The number of pyridine rings is 1. The first-order valence-corrected chi connectivity index (χ1v) is 13.0. The number of ether oxygens (including phenoxy) is 1. The smallest absolute Gasteiger partial charge is 0.252 e. The maximum Gasteiger partial charge on any atom is 0.252 e. The van der Waals surface area contributed by atoms with Gasteiger partial charge in [0.1, 0.15) is 15.9 Å². The Balaban J connectivity index is 1.60. The second-order valence-electron chi connectivity index (χ2n) is 8.49. The molecule has 33 heavy (non-hydrogen) atoms. The number of rotatable bonds is 6. The summed E-state index contributed by atoms with van der Waals surface area (Å²) in [7, 11) is -3.99. The van der Waals surface area contributed by atoms with Crippen molar-refractivity contribution in [1.29, 1.82) is 0 Å². The van der Waals surface area contributed by atoms with Gasteiger partial charge in [-0.25, -0.2) is 8.42 Å². The number of benzene rings is 2. The van der Waals surface area contributed by atoms with Gasteiger partial charge in [-0.2, -0.15) is 13.1 Å². The van der Waals surface area contributed by atoms with Crippen LogP contribution in [0.15, 0.2) is 46.1 Å². The van der Waals surface area contributed by atoms with Crippen molar-refractivity contribution in [2.75, 3.05) is 13.2 Å². The van der Waals surface area contributed by atoms with Gasteiger partial charge >= 0.3 is 0 Å². The third-order valence-electron chi connectivity index (χ3n) is 6.03. The Bertz CT molecular complexity index is 1500. The third kappa shape index (κ3) is 4.19. The molecule has 0 spiro atoms. The van der Waals surface area contributed by atoms with E-state index in [0.29, 0.717) is 28.8 Å². The van der Waals surface area contributed by atoms with Gasteiger partial charge in [0.2, 0.25) is 10.0 Å². The minimum Gasteiger partial charge on any atom is -0.377 e. The number of aromatic amines is 1. The van der Waals surface area contributed by atoms with Crippen molar-refractivity contribution in [3.63, 3.8) is 0 Å². The van der Waals surface area contributed by atoms with E-state index in [4.69, 9.17) is 4.74 Å². The molecule has 10 heteroatoms. The van der Waals surface area contributed by atoms with E-state index in [1.807, 2.05) is 25.1 Å². The summed E-state index contributed by atoms with van der Waals surface area (Å²) in [4.78, 5) is 15.9. The SMILES string of the molecule is Cc1ccc2cc(CN(C[C@H]3CCCO3)S(=O)(=O)c3c(C)ccc4nsnc34)c(=O)[nH]c2c1. The fourth-order valence-electron chi connectivity index (χ4n) is 4.31. The summed E-state index contributed by atoms with van der Waals surface area (Å²) in [5.41, 5.74) is 3.34. The van der Waals surface area contributed by atoms with Gasteiger partial charge in [0.15, 0.2) is 0 Å². The lowest BCUT2D eigenvalue weighted by Gasteiger charge is -2.25. The highest BCUT2D eigenvalue weighted by atomic mass is 32.2. The molecule has 5 rings (SSSR count). The molecular formula is C23H24N4O4S2. The molecule has 0 bridgehead atoms. The van der Waals surface area contributed by atoms with Crippen molar-refractivity contribution in [1.82, 2.24) is 18.0 Å². The Morgan fingerprint density at radius 3 is 2.82 bits per heavy atom. The van der Waals surface area contributed by atoms with Crippen LogP contribution in [0.3, 0.4) is 0 Å². The van der Waals surface area contributed by atoms with Crippen LogP contribution in [0, 0.1) is 13.8 Å². The summed E-state index contributed by atoms with van der Waals surface area (Å²) in [6.45, 7) is 4.42. The van der Waals surface area contributed by atoms with Crippen molar-refractivity contribution in [3.8, 4) is 0 Å². The Morgan fingerprint density at radius 2 is 2.03 bits per heavy atom. The summed E-state index contributed by atoms with van der Waals surface area (Å²) in [6, 6.07) is 11.1. The van der Waals surface area contributed by atoms with Crippen LogP contribution >= 0.6 is 11.7 Å². The molecule has 4 aromatic rings. The average molecular weight is 485 g/mol. The molecule has 172 valence electrons. The first kappa shape index (κ1) is 22.1. The molecule has 1 aliphatic heterocycles. The summed E-state index contributed by atoms with van der Waals surface area (Å²) < 4.78 is 43.5. The number of fused-ring (bicyclic) bond motifs is 2. The average Bonchev–Trinajstić information content (AvgIpc) is 3.45. The van der Waals surface area contributed by atoms with E-state index in [-0.39, 0.29) is 29.6 Å². The zero-order valence-corrected chi connectivity index (χ0v) is 20.0. The molecule has 0 unspecified atom stereocenters. The molecule has 0 saturated carbocycles. The molecule has 0 radical (unpaired) electrons. The van der Waals surface area contributed by atoms with Crippen LogP contribution in [-0.4, -0.2) is 45.7 Å². The number of H-pyrrole nitrogens is 1. The van der Waals surface area contributed by atoms with Crippen molar-refractivity contribution < 1.29 is 13.2 Å². The minimum atomic E-state index is -3.99. The predicted molar refractivity (Wildman–Crippen MR) is 128 cm³/mol. The van der Waals surface area contributed by atoms with Crippen molar-refractivity contribution in [3.05, 3.63) is 63.4 Å². The topological polar surface area (TPSA) is 105 Å². The van der Waals surface area contributed by atoms with Crippen LogP contribution in [0.5, 0.6) is 0 Å². The van der Waals surface area contributed by atoms with Gasteiger partial charge in [0.25, 0.3) is 5.56 Å². The van der Waals surface area contributed by atoms with Crippen LogP contribution in [0.2, 0.25) is 0 Å². The first-order chi connectivity index (χ1) is 15.8. The number of hydrogen-bond acceptors (Lipinski definition) is 7. The summed E-state index contributed by atoms with van der Waals surface area (Å²) in [5, 5.41) is 0.853. The summed E-state index contributed by atoms with van der Waals surface area (Å²) >= 11 is 0.983. The fourth-order valence-corrected chi connectivity index (χ4v) is 6.71. The Labute approximate surface area is 195 Å². The first-order valence-electron chi connectivity index (χ1n) is 10.8. The quantitative estimate of drug-likeness (QED) is 0.449. The van der Waals surface area contributed by atoms with E-state index in [9.17, 15) is 13.2 Å². The number of sulfonamides is 1. The number of aryl methyl sites for hydroxylation is 2. The molecule has 1 N–H and O–H groups in total. The second kappa shape index (κ2) is 8.60. The van der Waals surface area contributed by atoms with Gasteiger partial charge in [-0.15, -0.1) is 0 Å². The van der Waals surface area contributed by atoms with E-state index in [2.05, 4.69) is 13.7 Å². The van der Waals surface area contributed by atoms with Crippen LogP contribution in [0.4, 0.5) is 0 Å². The van der Waals surface area contributed by atoms with Gasteiger partial charge in [0.05, 0.1) is 17.8 Å². The minimum absolute atomic E-state index is 0.0608. The zero-order valence-electron chi connectivity index (χ0n) is 18.4. The highest BCUT2D eigenvalue weighted by Crippen LogP contribution is 2.30. The second-order valence-corrected chi connectivity index (χ2v) is 10.9. The largest absolute Gasteiger partial charge is 0.377 e. The molecule has 1 aliphatic rings. The maximum atomic E-state index is 14.0. The molecule has 1 saturated heterocycles. The van der Waals surface area contributed by atoms with Gasteiger partial charge in [-0.1, -0.05) is 18.2 Å². The summed E-state index contributed by atoms with van der Waals surface area (Å²) in [5.74, 6) is 0. The van der Waals surface area contributed by atoms with E-state index in [1.165, 1.54) is 4.31 Å². The number of nitrogens with one attached hydrogen (secondary N) is 1. The number of nitrogens with zero attached hydrogens (tertiary/aromatic N) is 3. The van der Waals surface area contributed by atoms with Gasteiger partial charge in [-0.3, -0.25) is 4.79 Å². The predicted octanol–water partition coefficient (Wildman–Crippen LogP) is 3.52. The normalized spacial score (nSPS) is 16.9. The van der Waals surface area contributed by atoms with Crippen LogP contribution in [0.25, 0.3) is 21.9 Å². The van der Waals surface area contributed by atoms with Crippen LogP contribution < -0.4 is 5.56 Å². The van der Waals surface area contributed by atoms with Crippen molar-refractivity contribution >= 4 is 43.7 Å². The Kier molecular flexibility index (Phi) is 5.77. The highest BCUT2D eigenvalue weighted by Gasteiger charge is 2.33. The fraction of sp³-hybridized carbons (Fsp3) is 0.348. The van der Waals surface area contributed by atoms with Gasteiger partial charge in [-0.05, 0) is 61.4 Å². The molecule has 8 nitrogen and oxygen atoms in total. The molecule has 2 aromatic carbocycles. The van der Waals surface area contributed by atoms with Crippen LogP contribution in [-0.2, 0) is 21.3 Å².